The van der Waals surface area contributed by atoms with Gasteiger partial charge < -0.3 is 4.52 Å². The molecule has 2 heterocycles. The van der Waals surface area contributed by atoms with Crippen LogP contribution in [-0.4, -0.2) is 21.7 Å². The number of hydrogen-bond acceptors (Lipinski definition) is 5. The highest BCUT2D eigenvalue weighted by atomic mass is 32.2. The summed E-state index contributed by atoms with van der Waals surface area (Å²) in [5.74, 6) is 2.14. The summed E-state index contributed by atoms with van der Waals surface area (Å²) in [7, 11) is 0. The van der Waals surface area contributed by atoms with Crippen LogP contribution in [0, 0.1) is 0 Å². The summed E-state index contributed by atoms with van der Waals surface area (Å²) in [5, 5.41) is 4.31. The molecule has 0 aliphatic carbocycles. The van der Waals surface area contributed by atoms with Crippen molar-refractivity contribution >= 4 is 17.5 Å². The van der Waals surface area contributed by atoms with Crippen LogP contribution in [0.5, 0.6) is 0 Å². The van der Waals surface area contributed by atoms with Crippen molar-refractivity contribution in [2.75, 3.05) is 5.75 Å². The molecule has 0 aromatic carbocycles. The molecule has 2 unspecified atom stereocenters. The Balaban J connectivity index is 2.12. The van der Waals surface area contributed by atoms with Gasteiger partial charge in [-0.15, -0.1) is 0 Å². The fourth-order valence-electron chi connectivity index (χ4n) is 1.51. The predicted octanol–water partition coefficient (Wildman–Crippen LogP) is 2.33. The molecule has 1 aliphatic heterocycles. The zero-order valence-corrected chi connectivity index (χ0v) is 9.71. The Morgan fingerprint density at radius 1 is 1.67 bits per heavy atom. The second-order valence-corrected chi connectivity index (χ2v) is 5.14. The number of ketones is 1. The highest BCUT2D eigenvalue weighted by molar-refractivity contribution is 7.99. The summed E-state index contributed by atoms with van der Waals surface area (Å²) >= 11 is 1.86. The van der Waals surface area contributed by atoms with Gasteiger partial charge in [-0.3, -0.25) is 4.79 Å². The van der Waals surface area contributed by atoms with E-state index in [0.717, 1.165) is 18.0 Å². The van der Waals surface area contributed by atoms with Gasteiger partial charge >= 0.3 is 0 Å². The molecule has 0 amide bonds. The first-order valence-electron chi connectivity index (χ1n) is 5.14. The van der Waals surface area contributed by atoms with Crippen LogP contribution < -0.4 is 0 Å². The van der Waals surface area contributed by atoms with E-state index < -0.39 is 0 Å². The molecule has 2 rings (SSSR count). The van der Waals surface area contributed by atoms with Crippen molar-refractivity contribution in [1.82, 2.24) is 10.1 Å². The van der Waals surface area contributed by atoms with Crippen LogP contribution in [0.25, 0.3) is 0 Å². The van der Waals surface area contributed by atoms with E-state index in [2.05, 4.69) is 10.1 Å². The van der Waals surface area contributed by atoms with Crippen molar-refractivity contribution in [2.24, 2.45) is 0 Å². The normalized spacial score (nSPS) is 22.9. The fraction of sp³-hybridized carbons (Fsp3) is 0.700. The largest absolute Gasteiger partial charge is 0.339 e. The first-order chi connectivity index (χ1) is 7.18. The number of hydrogen-bond donors (Lipinski definition) is 0. The third kappa shape index (κ3) is 2.22. The van der Waals surface area contributed by atoms with Gasteiger partial charge in [0.1, 0.15) is 5.78 Å². The minimum absolute atomic E-state index is 0.0595. The van der Waals surface area contributed by atoms with E-state index in [9.17, 15) is 4.79 Å². The number of Topliss-reactive ketones (excluding diaryl/α,β-unsaturated/α-hetero) is 1. The molecule has 82 valence electrons. The fourth-order valence-corrected chi connectivity index (χ4v) is 2.71. The van der Waals surface area contributed by atoms with E-state index in [1.165, 1.54) is 6.42 Å². The summed E-state index contributed by atoms with van der Waals surface area (Å²) in [4.78, 5) is 15.4. The summed E-state index contributed by atoms with van der Waals surface area (Å²) < 4.78 is 5.10. The molecule has 0 spiro atoms. The van der Waals surface area contributed by atoms with Crippen molar-refractivity contribution in [2.45, 2.75) is 37.9 Å². The second-order valence-electron chi connectivity index (χ2n) is 3.82. The molecule has 1 aromatic rings. The van der Waals surface area contributed by atoms with Crippen LogP contribution in [0.3, 0.4) is 0 Å². The summed E-state index contributed by atoms with van der Waals surface area (Å²) in [6.07, 6.45) is 2.32. The molecule has 15 heavy (non-hydrogen) atoms. The third-order valence-electron chi connectivity index (χ3n) is 2.66. The van der Waals surface area contributed by atoms with Crippen LogP contribution in [-0.2, 0) is 4.79 Å². The van der Waals surface area contributed by atoms with E-state index in [-0.39, 0.29) is 11.7 Å². The monoisotopic (exact) mass is 226 g/mol. The van der Waals surface area contributed by atoms with Crippen molar-refractivity contribution in [3.63, 3.8) is 0 Å². The van der Waals surface area contributed by atoms with Gasteiger partial charge in [0.15, 0.2) is 5.82 Å². The lowest BCUT2D eigenvalue weighted by Gasteiger charge is -2.00. The molecule has 1 saturated heterocycles. The Bertz CT molecular complexity index is 358. The maximum Gasteiger partial charge on any atom is 0.236 e. The van der Waals surface area contributed by atoms with Crippen molar-refractivity contribution in [3.8, 4) is 0 Å². The van der Waals surface area contributed by atoms with Gasteiger partial charge in [0.2, 0.25) is 5.89 Å². The molecular formula is C10H14N2O2S. The zero-order chi connectivity index (χ0) is 10.8. The van der Waals surface area contributed by atoms with Crippen molar-refractivity contribution in [3.05, 3.63) is 11.7 Å². The summed E-state index contributed by atoms with van der Waals surface area (Å²) in [5.41, 5.74) is 0. The SMILES string of the molecule is CC(=O)C(C)c1nc(C2CCCS2)no1. The van der Waals surface area contributed by atoms with Crippen molar-refractivity contribution < 1.29 is 9.32 Å². The lowest BCUT2D eigenvalue weighted by atomic mass is 10.1. The summed E-state index contributed by atoms with van der Waals surface area (Å²) in [6.45, 7) is 3.33. The number of carbonyl (C=O) groups is 1. The maximum atomic E-state index is 11.1. The van der Waals surface area contributed by atoms with E-state index in [1.54, 1.807) is 13.8 Å². The molecule has 4 nitrogen and oxygen atoms in total. The topological polar surface area (TPSA) is 56.0 Å². The lowest BCUT2D eigenvalue weighted by molar-refractivity contribution is -0.118. The van der Waals surface area contributed by atoms with Gasteiger partial charge in [0, 0.05) is 0 Å². The summed E-state index contributed by atoms with van der Waals surface area (Å²) in [6, 6.07) is 0. The highest BCUT2D eigenvalue weighted by Crippen LogP contribution is 2.38. The van der Waals surface area contributed by atoms with Gasteiger partial charge in [-0.25, -0.2) is 0 Å². The van der Waals surface area contributed by atoms with Crippen LogP contribution in [0.4, 0.5) is 0 Å². The standard InChI is InChI=1S/C10H14N2O2S/c1-6(7(2)13)10-11-9(12-14-10)8-4-3-5-15-8/h6,8H,3-5H2,1-2H3. The number of nitrogens with zero attached hydrogens (tertiary/aromatic N) is 2. The van der Waals surface area contributed by atoms with Gasteiger partial charge in [-0.1, -0.05) is 5.16 Å². The first kappa shape index (κ1) is 10.7. The van der Waals surface area contributed by atoms with Crippen LogP contribution >= 0.6 is 11.8 Å². The minimum Gasteiger partial charge on any atom is -0.339 e. The van der Waals surface area contributed by atoms with Gasteiger partial charge in [0.05, 0.1) is 11.2 Å². The smallest absolute Gasteiger partial charge is 0.236 e. The maximum absolute atomic E-state index is 11.1. The molecule has 0 N–H and O–H groups in total. The molecule has 1 fully saturated rings. The van der Waals surface area contributed by atoms with Gasteiger partial charge in [-0.2, -0.15) is 16.7 Å². The molecule has 0 bridgehead atoms. The molecule has 5 heteroatoms. The molecular weight excluding hydrogens is 212 g/mol. The quantitative estimate of drug-likeness (QED) is 0.791. The Morgan fingerprint density at radius 3 is 3.07 bits per heavy atom. The second kappa shape index (κ2) is 4.35. The molecule has 0 radical (unpaired) electrons. The highest BCUT2D eigenvalue weighted by Gasteiger charge is 2.25. The molecule has 2 atom stereocenters. The Hall–Kier alpha value is -0.840. The predicted molar refractivity (Wildman–Crippen MR) is 57.8 cm³/mol. The molecule has 1 aliphatic rings. The van der Waals surface area contributed by atoms with Crippen LogP contribution in [0.2, 0.25) is 0 Å². The van der Waals surface area contributed by atoms with Gasteiger partial charge in [-0.05, 0) is 32.4 Å². The zero-order valence-electron chi connectivity index (χ0n) is 8.90. The van der Waals surface area contributed by atoms with E-state index in [4.69, 9.17) is 4.52 Å². The average Bonchev–Trinajstić information content (AvgIpc) is 2.86. The van der Waals surface area contributed by atoms with Crippen LogP contribution in [0.1, 0.15) is 49.6 Å². The Kier molecular flexibility index (Phi) is 3.09. The average molecular weight is 226 g/mol. The molecule has 1 aromatic heterocycles. The van der Waals surface area contributed by atoms with E-state index >= 15 is 0 Å². The van der Waals surface area contributed by atoms with Crippen molar-refractivity contribution in [1.29, 1.82) is 0 Å². The number of aromatic nitrogens is 2. The lowest BCUT2D eigenvalue weighted by Crippen LogP contribution is -2.04. The number of thioether (sulfide) groups is 1. The van der Waals surface area contributed by atoms with E-state index in [1.807, 2.05) is 11.8 Å². The molecule has 0 saturated carbocycles. The Labute approximate surface area is 92.8 Å². The van der Waals surface area contributed by atoms with E-state index in [0.29, 0.717) is 11.1 Å². The number of carbonyl (C=O) groups excluding carboxylic acids is 1. The minimum atomic E-state index is -0.280. The van der Waals surface area contributed by atoms with Crippen LogP contribution in [0.15, 0.2) is 4.52 Å². The number of rotatable bonds is 3. The Morgan fingerprint density at radius 2 is 2.47 bits per heavy atom. The van der Waals surface area contributed by atoms with Gasteiger partial charge in [0.25, 0.3) is 0 Å². The first-order valence-corrected chi connectivity index (χ1v) is 6.19. The third-order valence-corrected chi connectivity index (χ3v) is 4.03.